The minimum absolute atomic E-state index is 0.307. The van der Waals surface area contributed by atoms with E-state index >= 15 is 0 Å². The number of aromatic nitrogens is 1. The number of hydrogen-bond donors (Lipinski definition) is 0. The average Bonchev–Trinajstić information content (AvgIpc) is 2.77. The van der Waals surface area contributed by atoms with Crippen LogP contribution in [0.1, 0.15) is 0 Å². The van der Waals surface area contributed by atoms with Crippen molar-refractivity contribution in [1.29, 1.82) is 0 Å². The summed E-state index contributed by atoms with van der Waals surface area (Å²) in [6.45, 7) is 0.307. The molecule has 0 atom stereocenters. The Morgan fingerprint density at radius 2 is 1.93 bits per heavy atom. The summed E-state index contributed by atoms with van der Waals surface area (Å²) in [6.07, 6.45) is 1.78. The van der Waals surface area contributed by atoms with Crippen LogP contribution in [-0.4, -0.2) is 11.8 Å². The summed E-state index contributed by atoms with van der Waals surface area (Å²) in [6, 6.07) is 11.7. The molecule has 3 rings (SSSR count). The van der Waals surface area contributed by atoms with Crippen LogP contribution in [0.2, 0.25) is 0 Å². The predicted molar refractivity (Wildman–Crippen MR) is 55.8 cm³/mol. The fourth-order valence-corrected chi connectivity index (χ4v) is 1.59. The van der Waals surface area contributed by atoms with E-state index in [4.69, 9.17) is 9.47 Å². The summed E-state index contributed by atoms with van der Waals surface area (Å²) < 4.78 is 10.6. The highest BCUT2D eigenvalue weighted by Gasteiger charge is 2.13. The molecule has 1 aliphatic rings. The van der Waals surface area contributed by atoms with Crippen molar-refractivity contribution in [3.05, 3.63) is 42.6 Å². The second kappa shape index (κ2) is 3.28. The van der Waals surface area contributed by atoms with Crippen LogP contribution in [0.4, 0.5) is 0 Å². The van der Waals surface area contributed by atoms with Gasteiger partial charge in [-0.1, -0.05) is 6.07 Å². The van der Waals surface area contributed by atoms with Crippen LogP contribution < -0.4 is 9.47 Å². The molecule has 0 aliphatic carbocycles. The third kappa shape index (κ3) is 1.42. The molecule has 0 N–H and O–H groups in total. The van der Waals surface area contributed by atoms with Gasteiger partial charge >= 0.3 is 0 Å². The lowest BCUT2D eigenvalue weighted by molar-refractivity contribution is 0.174. The van der Waals surface area contributed by atoms with Crippen molar-refractivity contribution in [3.8, 4) is 22.8 Å². The Morgan fingerprint density at radius 3 is 2.80 bits per heavy atom. The third-order valence-electron chi connectivity index (χ3n) is 2.33. The minimum atomic E-state index is 0.307. The predicted octanol–water partition coefficient (Wildman–Crippen LogP) is 2.48. The van der Waals surface area contributed by atoms with Crippen molar-refractivity contribution < 1.29 is 9.47 Å². The van der Waals surface area contributed by atoms with E-state index in [0.29, 0.717) is 6.79 Å². The van der Waals surface area contributed by atoms with E-state index in [9.17, 15) is 0 Å². The normalized spacial score (nSPS) is 12.8. The maximum atomic E-state index is 5.31. The fraction of sp³-hybridized carbons (Fsp3) is 0.0833. The Morgan fingerprint density at radius 1 is 1.00 bits per heavy atom. The molecular weight excluding hydrogens is 190 g/mol. The van der Waals surface area contributed by atoms with Gasteiger partial charge in [0, 0.05) is 11.8 Å². The number of hydrogen-bond acceptors (Lipinski definition) is 3. The van der Waals surface area contributed by atoms with E-state index in [-0.39, 0.29) is 0 Å². The van der Waals surface area contributed by atoms with E-state index in [1.807, 2.05) is 36.4 Å². The van der Waals surface area contributed by atoms with Gasteiger partial charge in [0.15, 0.2) is 11.5 Å². The summed E-state index contributed by atoms with van der Waals surface area (Å²) in [5.41, 5.74) is 1.98. The molecule has 2 aromatic rings. The summed E-state index contributed by atoms with van der Waals surface area (Å²) in [7, 11) is 0. The third-order valence-corrected chi connectivity index (χ3v) is 2.33. The molecule has 15 heavy (non-hydrogen) atoms. The highest BCUT2D eigenvalue weighted by molar-refractivity contribution is 5.64. The SMILES string of the molecule is c1ccc(-c2ccc3c(c2)OCO3)nc1. The molecule has 1 aliphatic heterocycles. The lowest BCUT2D eigenvalue weighted by Gasteiger charge is -2.01. The maximum absolute atomic E-state index is 5.31. The largest absolute Gasteiger partial charge is 0.454 e. The molecule has 0 bridgehead atoms. The smallest absolute Gasteiger partial charge is 0.231 e. The molecule has 0 saturated carbocycles. The summed E-state index contributed by atoms with van der Waals surface area (Å²) in [5, 5.41) is 0. The average molecular weight is 199 g/mol. The van der Waals surface area contributed by atoms with Crippen LogP contribution >= 0.6 is 0 Å². The van der Waals surface area contributed by atoms with Gasteiger partial charge in [-0.25, -0.2) is 0 Å². The highest BCUT2D eigenvalue weighted by Crippen LogP contribution is 2.35. The van der Waals surface area contributed by atoms with Crippen molar-refractivity contribution in [1.82, 2.24) is 4.98 Å². The number of fused-ring (bicyclic) bond motifs is 1. The molecule has 74 valence electrons. The van der Waals surface area contributed by atoms with Crippen LogP contribution in [0.25, 0.3) is 11.3 Å². The fourth-order valence-electron chi connectivity index (χ4n) is 1.59. The summed E-state index contributed by atoms with van der Waals surface area (Å²) in [5.74, 6) is 1.59. The summed E-state index contributed by atoms with van der Waals surface area (Å²) >= 11 is 0. The quantitative estimate of drug-likeness (QED) is 0.707. The standard InChI is InChI=1S/C12H9NO2/c1-2-6-13-10(3-1)9-4-5-11-12(7-9)15-8-14-11/h1-7H,8H2. The lowest BCUT2D eigenvalue weighted by atomic mass is 10.1. The number of rotatable bonds is 1. The maximum Gasteiger partial charge on any atom is 0.231 e. The number of benzene rings is 1. The molecule has 1 aromatic carbocycles. The van der Waals surface area contributed by atoms with Gasteiger partial charge < -0.3 is 9.47 Å². The Balaban J connectivity index is 2.07. The van der Waals surface area contributed by atoms with E-state index in [0.717, 1.165) is 22.8 Å². The molecular formula is C12H9NO2. The zero-order chi connectivity index (χ0) is 10.1. The summed E-state index contributed by atoms with van der Waals surface area (Å²) in [4.78, 5) is 4.28. The van der Waals surface area contributed by atoms with E-state index in [1.54, 1.807) is 6.20 Å². The van der Waals surface area contributed by atoms with E-state index in [1.165, 1.54) is 0 Å². The molecule has 2 heterocycles. The van der Waals surface area contributed by atoms with Gasteiger partial charge in [0.1, 0.15) is 0 Å². The molecule has 1 aromatic heterocycles. The van der Waals surface area contributed by atoms with Gasteiger partial charge in [0.2, 0.25) is 6.79 Å². The van der Waals surface area contributed by atoms with Crippen molar-refractivity contribution in [2.24, 2.45) is 0 Å². The van der Waals surface area contributed by atoms with Gasteiger partial charge in [-0.3, -0.25) is 4.98 Å². The molecule has 3 nitrogen and oxygen atoms in total. The highest BCUT2D eigenvalue weighted by atomic mass is 16.7. The van der Waals surface area contributed by atoms with E-state index in [2.05, 4.69) is 4.98 Å². The van der Waals surface area contributed by atoms with Crippen molar-refractivity contribution in [2.75, 3.05) is 6.79 Å². The van der Waals surface area contributed by atoms with Crippen molar-refractivity contribution in [3.63, 3.8) is 0 Å². The molecule has 0 radical (unpaired) electrons. The van der Waals surface area contributed by atoms with Crippen LogP contribution in [0, 0.1) is 0 Å². The van der Waals surface area contributed by atoms with Crippen molar-refractivity contribution >= 4 is 0 Å². The monoisotopic (exact) mass is 199 g/mol. The second-order valence-electron chi connectivity index (χ2n) is 3.28. The number of nitrogens with zero attached hydrogens (tertiary/aromatic N) is 1. The molecule has 0 fully saturated rings. The van der Waals surface area contributed by atoms with E-state index < -0.39 is 0 Å². The number of ether oxygens (including phenoxy) is 2. The Labute approximate surface area is 87.3 Å². The van der Waals surface area contributed by atoms with Crippen LogP contribution in [-0.2, 0) is 0 Å². The Bertz CT molecular complexity index is 482. The van der Waals surface area contributed by atoms with Gasteiger partial charge in [0.05, 0.1) is 5.69 Å². The molecule has 0 amide bonds. The van der Waals surface area contributed by atoms with Gasteiger partial charge in [-0.05, 0) is 30.3 Å². The van der Waals surface area contributed by atoms with Gasteiger partial charge in [-0.15, -0.1) is 0 Å². The topological polar surface area (TPSA) is 31.4 Å². The first-order valence-electron chi connectivity index (χ1n) is 4.74. The first-order chi connectivity index (χ1) is 7.43. The van der Waals surface area contributed by atoms with Crippen molar-refractivity contribution in [2.45, 2.75) is 0 Å². The first-order valence-corrected chi connectivity index (χ1v) is 4.74. The molecule has 0 spiro atoms. The lowest BCUT2D eigenvalue weighted by Crippen LogP contribution is -1.92. The van der Waals surface area contributed by atoms with Gasteiger partial charge in [0.25, 0.3) is 0 Å². The molecule has 3 heteroatoms. The van der Waals surface area contributed by atoms with Gasteiger partial charge in [-0.2, -0.15) is 0 Å². The van der Waals surface area contributed by atoms with Crippen LogP contribution in [0.3, 0.4) is 0 Å². The second-order valence-corrected chi connectivity index (χ2v) is 3.28. The minimum Gasteiger partial charge on any atom is -0.454 e. The Hall–Kier alpha value is -2.03. The molecule has 0 saturated heterocycles. The zero-order valence-corrected chi connectivity index (χ0v) is 8.01. The first kappa shape index (κ1) is 8.29. The van der Waals surface area contributed by atoms with Crippen LogP contribution in [0.5, 0.6) is 11.5 Å². The van der Waals surface area contributed by atoms with Crippen LogP contribution in [0.15, 0.2) is 42.6 Å². The Kier molecular flexibility index (Phi) is 1.81. The number of pyridine rings is 1. The zero-order valence-electron chi connectivity index (χ0n) is 8.01. The molecule has 0 unspecified atom stereocenters.